The third-order valence-electron chi connectivity index (χ3n) is 3.42. The van der Waals surface area contributed by atoms with Crippen molar-refractivity contribution in [2.75, 3.05) is 20.3 Å². The van der Waals surface area contributed by atoms with Crippen molar-refractivity contribution >= 4 is 35.6 Å². The van der Waals surface area contributed by atoms with Crippen molar-refractivity contribution in [1.82, 2.24) is 5.32 Å². The summed E-state index contributed by atoms with van der Waals surface area (Å²) in [6.45, 7) is 4.05. The van der Waals surface area contributed by atoms with Gasteiger partial charge in [0.25, 0.3) is 0 Å². The number of methoxy groups -OCH3 is 1. The summed E-state index contributed by atoms with van der Waals surface area (Å²) in [7, 11) is 1.62. The minimum absolute atomic E-state index is 0. The molecule has 3 nitrogen and oxygen atoms in total. The Morgan fingerprint density at radius 2 is 1.75 bits per heavy atom. The molecular weight excluding hydrogens is 369 g/mol. The lowest BCUT2D eigenvalue weighted by molar-refractivity contribution is 0.307. The van der Waals surface area contributed by atoms with Crippen LogP contribution in [0.3, 0.4) is 0 Å². The van der Waals surface area contributed by atoms with Gasteiger partial charge in [-0.3, -0.25) is 0 Å². The van der Waals surface area contributed by atoms with Crippen molar-refractivity contribution in [2.45, 2.75) is 19.9 Å². The Morgan fingerprint density at radius 1 is 1.04 bits per heavy atom. The summed E-state index contributed by atoms with van der Waals surface area (Å²) in [5.41, 5.74) is 2.24. The van der Waals surface area contributed by atoms with Crippen LogP contribution in [0, 0.1) is 0 Å². The summed E-state index contributed by atoms with van der Waals surface area (Å²) >= 11 is 12.0. The van der Waals surface area contributed by atoms with Crippen LogP contribution in [0.1, 0.15) is 18.1 Å². The highest BCUT2D eigenvalue weighted by atomic mass is 35.5. The lowest BCUT2D eigenvalue weighted by Gasteiger charge is -2.15. The Labute approximate surface area is 159 Å². The van der Waals surface area contributed by atoms with E-state index < -0.39 is 0 Å². The number of benzene rings is 2. The minimum Gasteiger partial charge on any atom is -0.493 e. The smallest absolute Gasteiger partial charge is 0.165 e. The molecule has 6 heteroatoms. The van der Waals surface area contributed by atoms with Gasteiger partial charge in [-0.15, -0.1) is 12.4 Å². The lowest BCUT2D eigenvalue weighted by Crippen LogP contribution is -2.17. The number of hydrogen-bond donors (Lipinski definition) is 1. The van der Waals surface area contributed by atoms with E-state index in [1.165, 1.54) is 5.56 Å². The van der Waals surface area contributed by atoms with E-state index >= 15 is 0 Å². The molecule has 0 amide bonds. The quantitative estimate of drug-likeness (QED) is 0.632. The van der Waals surface area contributed by atoms with Crippen LogP contribution in [0.4, 0.5) is 0 Å². The summed E-state index contributed by atoms with van der Waals surface area (Å²) in [6, 6.07) is 11.6. The Balaban J connectivity index is 0.00000288. The van der Waals surface area contributed by atoms with Gasteiger partial charge in [0.15, 0.2) is 11.5 Å². The molecule has 0 aliphatic heterocycles. The Morgan fingerprint density at radius 3 is 2.38 bits per heavy atom. The lowest BCUT2D eigenvalue weighted by atomic mass is 10.1. The normalized spacial score (nSPS) is 10.2. The van der Waals surface area contributed by atoms with Gasteiger partial charge >= 0.3 is 0 Å². The fourth-order valence-electron chi connectivity index (χ4n) is 2.32. The molecule has 2 aromatic carbocycles. The van der Waals surface area contributed by atoms with E-state index in [2.05, 4.69) is 5.32 Å². The maximum Gasteiger partial charge on any atom is 0.165 e. The van der Waals surface area contributed by atoms with Crippen LogP contribution in [0.2, 0.25) is 10.0 Å². The zero-order valence-corrected chi connectivity index (χ0v) is 16.1. The van der Waals surface area contributed by atoms with E-state index in [0.717, 1.165) is 29.3 Å². The van der Waals surface area contributed by atoms with Crippen LogP contribution in [-0.4, -0.2) is 20.3 Å². The number of halogens is 3. The van der Waals surface area contributed by atoms with Crippen molar-refractivity contribution in [1.29, 1.82) is 0 Å². The van der Waals surface area contributed by atoms with Crippen LogP contribution in [0.15, 0.2) is 36.4 Å². The third-order valence-corrected chi connectivity index (χ3v) is 3.89. The average Bonchev–Trinajstić information content (AvgIpc) is 2.55. The molecule has 0 radical (unpaired) electrons. The first kappa shape index (κ1) is 20.9. The highest BCUT2D eigenvalue weighted by Crippen LogP contribution is 2.34. The maximum absolute atomic E-state index is 6.15. The van der Waals surface area contributed by atoms with Gasteiger partial charge in [0.1, 0.15) is 0 Å². The molecular formula is C18H22Cl3NO2. The van der Waals surface area contributed by atoms with Crippen molar-refractivity contribution < 1.29 is 9.47 Å². The molecule has 0 heterocycles. The van der Waals surface area contributed by atoms with Crippen molar-refractivity contribution in [3.8, 4) is 11.5 Å². The van der Waals surface area contributed by atoms with Crippen molar-refractivity contribution in [3.63, 3.8) is 0 Å². The molecule has 0 saturated heterocycles. The molecule has 0 bridgehead atoms. The zero-order valence-electron chi connectivity index (χ0n) is 13.8. The SMILES string of the molecule is CCOc1c(CNCCc2ccc(Cl)cc2)cc(Cl)cc1OC.Cl. The van der Waals surface area contributed by atoms with Crippen LogP contribution in [0.5, 0.6) is 11.5 Å². The molecule has 0 spiro atoms. The number of rotatable bonds is 8. The van der Waals surface area contributed by atoms with Gasteiger partial charge in [0.2, 0.25) is 0 Å². The molecule has 2 rings (SSSR count). The van der Waals surface area contributed by atoms with E-state index in [-0.39, 0.29) is 12.4 Å². The second-order valence-electron chi connectivity index (χ2n) is 5.08. The van der Waals surface area contributed by atoms with Crippen LogP contribution >= 0.6 is 35.6 Å². The van der Waals surface area contributed by atoms with Gasteiger partial charge < -0.3 is 14.8 Å². The van der Waals surface area contributed by atoms with E-state index in [4.69, 9.17) is 32.7 Å². The largest absolute Gasteiger partial charge is 0.493 e. The van der Waals surface area contributed by atoms with Gasteiger partial charge in [-0.2, -0.15) is 0 Å². The molecule has 0 fully saturated rings. The average molecular weight is 391 g/mol. The molecule has 0 unspecified atom stereocenters. The van der Waals surface area contributed by atoms with Crippen LogP contribution in [0.25, 0.3) is 0 Å². The van der Waals surface area contributed by atoms with Gasteiger partial charge in [-0.25, -0.2) is 0 Å². The molecule has 0 saturated carbocycles. The van der Waals surface area contributed by atoms with E-state index in [9.17, 15) is 0 Å². The molecule has 132 valence electrons. The van der Waals surface area contributed by atoms with E-state index in [0.29, 0.717) is 23.9 Å². The summed E-state index contributed by atoms with van der Waals surface area (Å²) in [6.07, 6.45) is 0.929. The summed E-state index contributed by atoms with van der Waals surface area (Å²) in [4.78, 5) is 0. The minimum atomic E-state index is 0. The third kappa shape index (κ3) is 6.06. The highest BCUT2D eigenvalue weighted by Gasteiger charge is 2.12. The first-order chi connectivity index (χ1) is 11.1. The second kappa shape index (κ2) is 10.7. The van der Waals surface area contributed by atoms with Crippen molar-refractivity contribution in [2.24, 2.45) is 0 Å². The summed E-state index contributed by atoms with van der Waals surface area (Å²) in [5, 5.41) is 4.81. The molecule has 0 aromatic heterocycles. The van der Waals surface area contributed by atoms with Crippen LogP contribution in [-0.2, 0) is 13.0 Å². The van der Waals surface area contributed by atoms with E-state index in [1.807, 2.05) is 37.3 Å². The summed E-state index contributed by atoms with van der Waals surface area (Å²) < 4.78 is 11.1. The van der Waals surface area contributed by atoms with Crippen LogP contribution < -0.4 is 14.8 Å². The first-order valence-electron chi connectivity index (χ1n) is 7.58. The van der Waals surface area contributed by atoms with Gasteiger partial charge in [0, 0.05) is 28.2 Å². The Hall–Kier alpha value is -1.13. The second-order valence-corrected chi connectivity index (χ2v) is 5.96. The number of ether oxygens (including phenoxy) is 2. The molecule has 0 atom stereocenters. The molecule has 0 aliphatic rings. The molecule has 1 N–H and O–H groups in total. The Bertz CT molecular complexity index is 633. The number of nitrogens with one attached hydrogen (secondary N) is 1. The summed E-state index contributed by atoms with van der Waals surface area (Å²) in [5.74, 6) is 1.41. The predicted octanol–water partition coefficient (Wildman–Crippen LogP) is 5.15. The predicted molar refractivity (Wildman–Crippen MR) is 103 cm³/mol. The molecule has 0 aliphatic carbocycles. The highest BCUT2D eigenvalue weighted by molar-refractivity contribution is 6.31. The molecule has 2 aromatic rings. The maximum atomic E-state index is 6.15. The zero-order chi connectivity index (χ0) is 16.7. The standard InChI is InChI=1S/C18H21Cl2NO2.ClH/c1-3-23-18-14(10-16(20)11-17(18)22-2)12-21-9-8-13-4-6-15(19)7-5-13;/h4-7,10-11,21H,3,8-9,12H2,1-2H3;1H. The molecule has 24 heavy (non-hydrogen) atoms. The number of hydrogen-bond acceptors (Lipinski definition) is 3. The Kier molecular flexibility index (Phi) is 9.30. The topological polar surface area (TPSA) is 30.5 Å². The fraction of sp³-hybridized carbons (Fsp3) is 0.333. The van der Waals surface area contributed by atoms with Gasteiger partial charge in [-0.05, 0) is 43.7 Å². The monoisotopic (exact) mass is 389 g/mol. The fourth-order valence-corrected chi connectivity index (χ4v) is 2.68. The first-order valence-corrected chi connectivity index (χ1v) is 8.34. The van der Waals surface area contributed by atoms with E-state index in [1.54, 1.807) is 13.2 Å². The van der Waals surface area contributed by atoms with Gasteiger partial charge in [0.05, 0.1) is 13.7 Å². The van der Waals surface area contributed by atoms with Crippen molar-refractivity contribution in [3.05, 3.63) is 57.6 Å². The van der Waals surface area contributed by atoms with Gasteiger partial charge in [-0.1, -0.05) is 35.3 Å².